The van der Waals surface area contributed by atoms with Crippen LogP contribution >= 0.6 is 11.6 Å². The van der Waals surface area contributed by atoms with Crippen molar-refractivity contribution in [3.63, 3.8) is 0 Å². The molecule has 144 valence electrons. The first-order valence-electron chi connectivity index (χ1n) is 9.27. The van der Waals surface area contributed by atoms with Crippen molar-refractivity contribution < 1.29 is 4.79 Å². The highest BCUT2D eigenvalue weighted by molar-refractivity contribution is 6.33. The highest BCUT2D eigenvalue weighted by atomic mass is 35.5. The van der Waals surface area contributed by atoms with Crippen LogP contribution in [0.25, 0.3) is 0 Å². The Bertz CT molecular complexity index is 803. The number of carbonyl (C=O) groups excluding carboxylic acids is 1. The van der Waals surface area contributed by atoms with Crippen molar-refractivity contribution in [1.29, 1.82) is 0 Å². The van der Waals surface area contributed by atoms with Crippen LogP contribution in [0.1, 0.15) is 41.7 Å². The van der Waals surface area contributed by atoms with E-state index in [2.05, 4.69) is 20.6 Å². The molecule has 1 aromatic heterocycles. The molecule has 2 N–H and O–H groups in total. The average molecular weight is 388 g/mol. The standard InChI is InChI=1S/C20H26ClN5O/c1-13-12-18(26(2)3)25-20(22-13)24-15-10-8-14(9-11-15)23-19(27)16-6-4-5-7-17(16)21/h4-7,12,14-15H,8-11H2,1-3H3,(H,23,27)(H,22,24,25). The van der Waals surface area contributed by atoms with Crippen molar-refractivity contribution in [1.82, 2.24) is 15.3 Å². The molecule has 0 atom stereocenters. The molecule has 1 saturated carbocycles. The van der Waals surface area contributed by atoms with E-state index in [9.17, 15) is 4.79 Å². The summed E-state index contributed by atoms with van der Waals surface area (Å²) in [6, 6.07) is 9.59. The molecule has 0 unspecified atom stereocenters. The SMILES string of the molecule is Cc1cc(N(C)C)nc(NC2CCC(NC(=O)c3ccccc3Cl)CC2)n1. The van der Waals surface area contributed by atoms with Gasteiger partial charge in [-0.15, -0.1) is 0 Å². The van der Waals surface area contributed by atoms with Gasteiger partial charge in [0, 0.05) is 37.9 Å². The number of nitrogens with zero attached hydrogens (tertiary/aromatic N) is 3. The molecule has 6 nitrogen and oxygen atoms in total. The largest absolute Gasteiger partial charge is 0.363 e. The molecule has 27 heavy (non-hydrogen) atoms. The topological polar surface area (TPSA) is 70.2 Å². The van der Waals surface area contributed by atoms with Crippen molar-refractivity contribution in [3.8, 4) is 0 Å². The number of amides is 1. The quantitative estimate of drug-likeness (QED) is 0.819. The number of aryl methyl sites for hydroxylation is 1. The minimum Gasteiger partial charge on any atom is -0.363 e. The van der Waals surface area contributed by atoms with Gasteiger partial charge in [-0.25, -0.2) is 4.98 Å². The third-order valence-corrected chi connectivity index (χ3v) is 5.14. The predicted molar refractivity (Wildman–Crippen MR) is 110 cm³/mol. The first kappa shape index (κ1) is 19.4. The van der Waals surface area contributed by atoms with Crippen LogP contribution in [0.5, 0.6) is 0 Å². The number of anilines is 2. The third-order valence-electron chi connectivity index (χ3n) is 4.81. The maximum Gasteiger partial charge on any atom is 0.253 e. The lowest BCUT2D eigenvalue weighted by Crippen LogP contribution is -2.40. The third kappa shape index (κ3) is 5.10. The van der Waals surface area contributed by atoms with Crippen LogP contribution < -0.4 is 15.5 Å². The Morgan fingerprint density at radius 1 is 1.11 bits per heavy atom. The van der Waals surface area contributed by atoms with E-state index in [0.717, 1.165) is 37.2 Å². The van der Waals surface area contributed by atoms with Gasteiger partial charge in [-0.1, -0.05) is 23.7 Å². The summed E-state index contributed by atoms with van der Waals surface area (Å²) >= 11 is 6.11. The van der Waals surface area contributed by atoms with Crippen molar-refractivity contribution in [3.05, 3.63) is 46.6 Å². The molecule has 2 aromatic rings. The van der Waals surface area contributed by atoms with E-state index in [1.54, 1.807) is 12.1 Å². The molecule has 0 radical (unpaired) electrons. The van der Waals surface area contributed by atoms with Gasteiger partial charge in [-0.3, -0.25) is 4.79 Å². The van der Waals surface area contributed by atoms with Crippen LogP contribution in [0.2, 0.25) is 5.02 Å². The maximum absolute atomic E-state index is 12.4. The van der Waals surface area contributed by atoms with Gasteiger partial charge in [0.2, 0.25) is 5.95 Å². The highest BCUT2D eigenvalue weighted by Gasteiger charge is 2.24. The van der Waals surface area contributed by atoms with Crippen LogP contribution in [0, 0.1) is 6.92 Å². The summed E-state index contributed by atoms with van der Waals surface area (Å²) < 4.78 is 0. The minimum absolute atomic E-state index is 0.102. The number of nitrogens with one attached hydrogen (secondary N) is 2. The van der Waals surface area contributed by atoms with Crippen LogP contribution in [0.3, 0.4) is 0 Å². The summed E-state index contributed by atoms with van der Waals surface area (Å²) in [4.78, 5) is 23.4. The Kier molecular flexibility index (Phi) is 6.16. The molecule has 1 aliphatic rings. The monoisotopic (exact) mass is 387 g/mol. The van der Waals surface area contributed by atoms with Gasteiger partial charge in [-0.05, 0) is 44.7 Å². The normalized spacial score (nSPS) is 19.4. The smallest absolute Gasteiger partial charge is 0.253 e. The van der Waals surface area contributed by atoms with E-state index in [0.29, 0.717) is 22.6 Å². The molecule has 0 aliphatic heterocycles. The fraction of sp³-hybridized carbons (Fsp3) is 0.450. The Labute approximate surface area is 165 Å². The summed E-state index contributed by atoms with van der Waals surface area (Å²) in [5, 5.41) is 7.04. The Morgan fingerprint density at radius 3 is 2.44 bits per heavy atom. The lowest BCUT2D eigenvalue weighted by molar-refractivity contribution is 0.0926. The number of rotatable bonds is 5. The Balaban J connectivity index is 1.53. The number of halogens is 1. The van der Waals surface area contributed by atoms with Gasteiger partial charge in [0.25, 0.3) is 5.91 Å². The molecule has 0 bridgehead atoms. The number of carbonyl (C=O) groups is 1. The molecule has 3 rings (SSSR count). The first-order chi connectivity index (χ1) is 12.9. The molecule has 1 aliphatic carbocycles. The maximum atomic E-state index is 12.4. The number of benzene rings is 1. The van der Waals surface area contributed by atoms with Crippen LogP contribution in [0.15, 0.2) is 30.3 Å². The van der Waals surface area contributed by atoms with Crippen molar-refractivity contribution in [2.75, 3.05) is 24.3 Å². The number of hydrogen-bond acceptors (Lipinski definition) is 5. The Morgan fingerprint density at radius 2 is 1.78 bits per heavy atom. The van der Waals surface area contributed by atoms with Gasteiger partial charge in [0.05, 0.1) is 10.6 Å². The molecule has 1 heterocycles. The summed E-state index contributed by atoms with van der Waals surface area (Å²) in [6.45, 7) is 1.97. The summed E-state index contributed by atoms with van der Waals surface area (Å²) in [5.74, 6) is 1.46. The van der Waals surface area contributed by atoms with E-state index >= 15 is 0 Å². The minimum atomic E-state index is -0.102. The van der Waals surface area contributed by atoms with E-state index in [1.807, 2.05) is 44.1 Å². The zero-order valence-electron chi connectivity index (χ0n) is 16.0. The molecule has 1 amide bonds. The summed E-state index contributed by atoms with van der Waals surface area (Å²) in [7, 11) is 3.94. The zero-order valence-corrected chi connectivity index (χ0v) is 16.8. The Hall–Kier alpha value is -2.34. The van der Waals surface area contributed by atoms with Gasteiger partial charge >= 0.3 is 0 Å². The fourth-order valence-electron chi connectivity index (χ4n) is 3.32. The fourth-order valence-corrected chi connectivity index (χ4v) is 3.54. The lowest BCUT2D eigenvalue weighted by Gasteiger charge is -2.30. The molecular weight excluding hydrogens is 362 g/mol. The van der Waals surface area contributed by atoms with Crippen molar-refractivity contribution >= 4 is 29.3 Å². The van der Waals surface area contributed by atoms with Crippen molar-refractivity contribution in [2.24, 2.45) is 0 Å². The molecule has 0 spiro atoms. The highest BCUT2D eigenvalue weighted by Crippen LogP contribution is 2.23. The molecule has 7 heteroatoms. The first-order valence-corrected chi connectivity index (χ1v) is 9.65. The van der Waals surface area contributed by atoms with Crippen LogP contribution in [-0.4, -0.2) is 42.1 Å². The van der Waals surface area contributed by atoms with Gasteiger partial charge in [0.15, 0.2) is 0 Å². The lowest BCUT2D eigenvalue weighted by atomic mass is 9.91. The average Bonchev–Trinajstić information content (AvgIpc) is 2.63. The zero-order chi connectivity index (χ0) is 19.4. The van der Waals surface area contributed by atoms with Crippen molar-refractivity contribution in [2.45, 2.75) is 44.7 Å². The van der Waals surface area contributed by atoms with E-state index in [-0.39, 0.29) is 11.9 Å². The molecule has 0 saturated heterocycles. The van der Waals surface area contributed by atoms with E-state index < -0.39 is 0 Å². The summed E-state index contributed by atoms with van der Waals surface area (Å²) in [5.41, 5.74) is 1.47. The molecular formula is C20H26ClN5O. The predicted octanol–water partition coefficient (Wildman–Crippen LogP) is 3.66. The van der Waals surface area contributed by atoms with Crippen LogP contribution in [0.4, 0.5) is 11.8 Å². The number of hydrogen-bond donors (Lipinski definition) is 2. The van der Waals surface area contributed by atoms with Crippen LogP contribution in [-0.2, 0) is 0 Å². The number of aromatic nitrogens is 2. The second kappa shape index (κ2) is 8.57. The van der Waals surface area contributed by atoms with Gasteiger partial charge in [-0.2, -0.15) is 4.98 Å². The van der Waals surface area contributed by atoms with Gasteiger partial charge in [0.1, 0.15) is 5.82 Å². The second-order valence-electron chi connectivity index (χ2n) is 7.23. The van der Waals surface area contributed by atoms with Gasteiger partial charge < -0.3 is 15.5 Å². The molecule has 1 fully saturated rings. The second-order valence-corrected chi connectivity index (χ2v) is 7.64. The summed E-state index contributed by atoms with van der Waals surface area (Å²) in [6.07, 6.45) is 3.75. The van der Waals surface area contributed by atoms with E-state index in [4.69, 9.17) is 11.6 Å². The molecule has 1 aromatic carbocycles. The van der Waals surface area contributed by atoms with E-state index in [1.165, 1.54) is 0 Å².